The lowest BCUT2D eigenvalue weighted by Crippen LogP contribution is -2.24. The summed E-state index contributed by atoms with van der Waals surface area (Å²) in [4.78, 5) is 0. The topological polar surface area (TPSA) is 68.2 Å². The molecule has 0 saturated carbocycles. The van der Waals surface area contributed by atoms with Crippen molar-refractivity contribution in [2.24, 2.45) is 0 Å². The molecule has 2 aromatic rings. The van der Waals surface area contributed by atoms with E-state index < -0.39 is 12.2 Å². The van der Waals surface area contributed by atoms with Crippen molar-refractivity contribution in [3.63, 3.8) is 0 Å². The Kier molecular flexibility index (Phi) is 11.6. The zero-order chi connectivity index (χ0) is 23.6. The van der Waals surface area contributed by atoms with Crippen molar-refractivity contribution in [1.29, 1.82) is 0 Å². The molecule has 2 atom stereocenters. The molecule has 0 aliphatic heterocycles. The number of hydrogen-bond acceptors (Lipinski definition) is 5. The Hall–Kier alpha value is -1.06. The number of halogens is 2. The molecule has 0 unspecified atom stereocenters. The fourth-order valence-corrected chi connectivity index (χ4v) is 3.84. The molecule has 7 heteroatoms. The van der Waals surface area contributed by atoms with Crippen LogP contribution in [0.3, 0.4) is 0 Å². The minimum atomic E-state index is -0.681. The molecule has 178 valence electrons. The number of aliphatic hydroxyl groups excluding tert-OH is 2. The summed E-state index contributed by atoms with van der Waals surface area (Å²) in [5, 5.41) is 19.6. The Labute approximate surface area is 210 Å². The van der Waals surface area contributed by atoms with Gasteiger partial charge in [-0.05, 0) is 64.4 Å². The Balaban J connectivity index is 1.96. The summed E-state index contributed by atoms with van der Waals surface area (Å²) in [5.74, 6) is 1.59. The average Bonchev–Trinajstić information content (AvgIpc) is 2.79. The van der Waals surface area contributed by atoms with Gasteiger partial charge in [0.1, 0.15) is 36.9 Å². The second-order valence-electron chi connectivity index (χ2n) is 8.31. The first-order chi connectivity index (χ1) is 15.3. The quantitative estimate of drug-likeness (QED) is 0.185. The maximum absolute atomic E-state index is 9.99. The molecule has 0 aliphatic carbocycles. The first-order valence-corrected chi connectivity index (χ1v) is 12.5. The van der Waals surface area contributed by atoms with Crippen LogP contribution in [0.1, 0.15) is 44.7 Å². The lowest BCUT2D eigenvalue weighted by atomic mass is 9.78. The monoisotopic (exact) mass is 576 g/mol. The molecule has 0 spiro atoms. The molecule has 0 amide bonds. The Morgan fingerprint density at radius 3 is 2.22 bits per heavy atom. The molecule has 5 nitrogen and oxygen atoms in total. The van der Waals surface area contributed by atoms with Gasteiger partial charge in [-0.25, -0.2) is 0 Å². The molecule has 0 bridgehead atoms. The third-order valence-electron chi connectivity index (χ3n) is 5.23. The van der Waals surface area contributed by atoms with Crippen LogP contribution in [0, 0.1) is 3.57 Å². The van der Waals surface area contributed by atoms with Crippen LogP contribution in [0.5, 0.6) is 11.5 Å². The number of aliphatic hydroxyl groups is 2. The number of alkyl halides is 1. The van der Waals surface area contributed by atoms with Crippen molar-refractivity contribution in [1.82, 2.24) is 0 Å². The maximum atomic E-state index is 9.99. The average molecular weight is 577 g/mol. The lowest BCUT2D eigenvalue weighted by molar-refractivity contribution is 0.0113. The van der Waals surface area contributed by atoms with Gasteiger partial charge in [-0.2, -0.15) is 0 Å². The summed E-state index contributed by atoms with van der Waals surface area (Å²) in [7, 11) is 0. The molecule has 0 fully saturated rings. The van der Waals surface area contributed by atoms with Crippen molar-refractivity contribution in [3.05, 3.63) is 57.2 Å². The van der Waals surface area contributed by atoms with Crippen LogP contribution in [0.4, 0.5) is 0 Å². The molecule has 2 aromatic carbocycles. The largest absolute Gasteiger partial charge is 0.491 e. The fourth-order valence-electron chi connectivity index (χ4n) is 3.08. The summed E-state index contributed by atoms with van der Waals surface area (Å²) >= 11 is 7.88. The van der Waals surface area contributed by atoms with E-state index in [1.54, 1.807) is 0 Å². The molecular formula is C25H34ClIO5. The van der Waals surface area contributed by atoms with E-state index in [0.717, 1.165) is 33.3 Å². The van der Waals surface area contributed by atoms with Gasteiger partial charge >= 0.3 is 0 Å². The van der Waals surface area contributed by atoms with Gasteiger partial charge in [0.05, 0.1) is 16.1 Å². The van der Waals surface area contributed by atoms with Gasteiger partial charge in [-0.1, -0.05) is 45.4 Å². The molecule has 2 rings (SSSR count). The van der Waals surface area contributed by atoms with E-state index in [9.17, 15) is 10.2 Å². The predicted octanol–water partition coefficient (Wildman–Crippen LogP) is 5.15. The van der Waals surface area contributed by atoms with E-state index in [2.05, 4.69) is 49.4 Å². The summed E-state index contributed by atoms with van der Waals surface area (Å²) < 4.78 is 17.8. The van der Waals surface area contributed by atoms with Gasteiger partial charge in [0, 0.05) is 12.0 Å². The molecule has 2 N–H and O–H groups in total. The van der Waals surface area contributed by atoms with E-state index in [0.29, 0.717) is 12.4 Å². The second-order valence-corrected chi connectivity index (χ2v) is 9.78. The molecule has 0 aromatic heterocycles. The first-order valence-electron chi connectivity index (χ1n) is 10.9. The Morgan fingerprint density at radius 2 is 1.59 bits per heavy atom. The SMILES string of the molecule is CCCCOC[C@H](O)COc1ccc(C(C)(C)c2ccc(OC[C@@H](O)CCl)c(I)c2)cc1. The number of benzene rings is 2. The molecular weight excluding hydrogens is 543 g/mol. The highest BCUT2D eigenvalue weighted by atomic mass is 127. The van der Waals surface area contributed by atoms with Crippen molar-refractivity contribution in [2.45, 2.75) is 51.2 Å². The van der Waals surface area contributed by atoms with Gasteiger partial charge in [-0.3, -0.25) is 0 Å². The molecule has 0 heterocycles. The number of ether oxygens (including phenoxy) is 3. The molecule has 0 aliphatic rings. The molecule has 0 radical (unpaired) electrons. The fraction of sp³-hybridized carbons (Fsp3) is 0.520. The van der Waals surface area contributed by atoms with Crippen LogP contribution < -0.4 is 9.47 Å². The Morgan fingerprint density at radius 1 is 0.938 bits per heavy atom. The van der Waals surface area contributed by atoms with E-state index in [-0.39, 0.29) is 31.1 Å². The number of hydrogen-bond donors (Lipinski definition) is 2. The predicted molar refractivity (Wildman–Crippen MR) is 137 cm³/mol. The molecule has 32 heavy (non-hydrogen) atoms. The zero-order valence-corrected chi connectivity index (χ0v) is 21.9. The van der Waals surface area contributed by atoms with Crippen molar-refractivity contribution < 1.29 is 24.4 Å². The van der Waals surface area contributed by atoms with Gasteiger partial charge in [0.15, 0.2) is 0 Å². The van der Waals surface area contributed by atoms with E-state index >= 15 is 0 Å². The first kappa shape index (κ1) is 27.2. The van der Waals surface area contributed by atoms with E-state index in [4.69, 9.17) is 25.8 Å². The van der Waals surface area contributed by atoms with Crippen molar-refractivity contribution in [2.75, 3.05) is 32.3 Å². The zero-order valence-electron chi connectivity index (χ0n) is 19.0. The summed E-state index contributed by atoms with van der Waals surface area (Å²) in [6.07, 6.45) is 0.748. The normalized spacial score (nSPS) is 13.6. The van der Waals surface area contributed by atoms with Crippen LogP contribution >= 0.6 is 34.2 Å². The van der Waals surface area contributed by atoms with Crippen LogP contribution in [0.25, 0.3) is 0 Å². The highest BCUT2D eigenvalue weighted by molar-refractivity contribution is 14.1. The maximum Gasteiger partial charge on any atom is 0.132 e. The summed E-state index contributed by atoms with van der Waals surface area (Å²) in [5.41, 5.74) is 2.08. The smallest absolute Gasteiger partial charge is 0.132 e. The van der Waals surface area contributed by atoms with Gasteiger partial charge in [0.25, 0.3) is 0 Å². The number of rotatable bonds is 14. The van der Waals surface area contributed by atoms with Crippen LogP contribution in [0.15, 0.2) is 42.5 Å². The Bertz CT molecular complexity index is 812. The van der Waals surface area contributed by atoms with Crippen LogP contribution in [-0.2, 0) is 10.2 Å². The minimum Gasteiger partial charge on any atom is -0.491 e. The third kappa shape index (κ3) is 8.37. The minimum absolute atomic E-state index is 0.146. The van der Waals surface area contributed by atoms with Crippen LogP contribution in [0.2, 0.25) is 0 Å². The van der Waals surface area contributed by atoms with Crippen molar-refractivity contribution in [3.8, 4) is 11.5 Å². The van der Waals surface area contributed by atoms with Crippen molar-refractivity contribution >= 4 is 34.2 Å². The summed E-state index contributed by atoms with van der Waals surface area (Å²) in [6, 6.07) is 14.0. The van der Waals surface area contributed by atoms with E-state index in [1.165, 1.54) is 0 Å². The summed E-state index contributed by atoms with van der Waals surface area (Å²) in [6.45, 7) is 7.77. The van der Waals surface area contributed by atoms with Crippen LogP contribution in [-0.4, -0.2) is 54.7 Å². The highest BCUT2D eigenvalue weighted by Crippen LogP contribution is 2.35. The number of unbranched alkanes of at least 4 members (excludes halogenated alkanes) is 1. The molecule has 0 saturated heterocycles. The van der Waals surface area contributed by atoms with Gasteiger partial charge in [0.2, 0.25) is 0 Å². The standard InChI is InChI=1S/C25H34ClIO5/c1-4-5-12-30-15-21(29)17-31-22-9-6-18(7-10-22)25(2,3)19-8-11-24(23(27)13-19)32-16-20(28)14-26/h6-11,13,20-21,28-29H,4-5,12,14-17H2,1-3H3/t20-,21-/m0/s1. The lowest BCUT2D eigenvalue weighted by Gasteiger charge is -2.27. The third-order valence-corrected chi connectivity index (χ3v) is 6.43. The highest BCUT2D eigenvalue weighted by Gasteiger charge is 2.24. The second kappa shape index (κ2) is 13.6. The van der Waals surface area contributed by atoms with Gasteiger partial charge in [-0.15, -0.1) is 11.6 Å². The van der Waals surface area contributed by atoms with Gasteiger partial charge < -0.3 is 24.4 Å². The van der Waals surface area contributed by atoms with E-state index in [1.807, 2.05) is 36.4 Å².